The SMILES string of the molecule is CCOC(=O)/C(C)=C/[C@H](C(C)C)N(C)C(=O)C(NC(=O)C1CCCCN1Cc1ccccc1)C(C)(C)C. The highest BCUT2D eigenvalue weighted by molar-refractivity contribution is 5.91. The number of amides is 2. The third-order valence-electron chi connectivity index (χ3n) is 7.04. The van der Waals surface area contributed by atoms with Crippen LogP contribution in [0.2, 0.25) is 0 Å². The van der Waals surface area contributed by atoms with Crippen molar-refractivity contribution in [3.8, 4) is 0 Å². The molecule has 0 aliphatic carbocycles. The minimum absolute atomic E-state index is 0.0642. The van der Waals surface area contributed by atoms with Gasteiger partial charge in [-0.15, -0.1) is 0 Å². The van der Waals surface area contributed by atoms with Gasteiger partial charge in [-0.2, -0.15) is 0 Å². The van der Waals surface area contributed by atoms with Crippen LogP contribution in [0, 0.1) is 11.3 Å². The molecule has 0 saturated carbocycles. The third kappa shape index (κ3) is 8.70. The molecule has 1 heterocycles. The van der Waals surface area contributed by atoms with Gasteiger partial charge in [-0.05, 0) is 50.1 Å². The summed E-state index contributed by atoms with van der Waals surface area (Å²) < 4.78 is 5.13. The van der Waals surface area contributed by atoms with Gasteiger partial charge in [-0.25, -0.2) is 4.79 Å². The molecule has 0 aromatic heterocycles. The lowest BCUT2D eigenvalue weighted by Crippen LogP contribution is -2.60. The van der Waals surface area contributed by atoms with Crippen molar-refractivity contribution in [1.82, 2.24) is 15.1 Å². The predicted octanol–water partition coefficient (Wildman–Crippen LogP) is 4.56. The molecule has 1 N–H and O–H groups in total. The first-order chi connectivity index (χ1) is 17.4. The largest absolute Gasteiger partial charge is 0.463 e. The fraction of sp³-hybridized carbons (Fsp3) is 0.633. The summed E-state index contributed by atoms with van der Waals surface area (Å²) in [6.07, 6.45) is 4.62. The standard InChI is InChI=1S/C30H47N3O4/c1-9-37-29(36)22(4)19-25(21(2)3)32(8)28(35)26(30(5,6)7)31-27(34)24-17-13-14-18-33(24)20-23-15-11-10-12-16-23/h10-12,15-16,19,21,24-26H,9,13-14,17-18,20H2,1-8H3,(H,31,34)/b22-19+/t24?,25-,26?/m1/s1. The Hall–Kier alpha value is -2.67. The maximum atomic E-state index is 13.9. The van der Waals surface area contributed by atoms with Gasteiger partial charge in [0.2, 0.25) is 11.8 Å². The summed E-state index contributed by atoms with van der Waals surface area (Å²) in [5, 5.41) is 3.13. The number of benzene rings is 1. The lowest BCUT2D eigenvalue weighted by molar-refractivity contribution is -0.142. The van der Waals surface area contributed by atoms with Gasteiger partial charge in [0, 0.05) is 19.2 Å². The Balaban J connectivity index is 2.24. The summed E-state index contributed by atoms with van der Waals surface area (Å²) in [6, 6.07) is 8.89. The number of likely N-dealkylation sites (tertiary alicyclic amines) is 1. The Morgan fingerprint density at radius 3 is 2.38 bits per heavy atom. The molecule has 1 fully saturated rings. The maximum absolute atomic E-state index is 13.9. The van der Waals surface area contributed by atoms with Crippen LogP contribution in [0.3, 0.4) is 0 Å². The molecule has 0 spiro atoms. The molecule has 1 saturated heterocycles. The Bertz CT molecular complexity index is 936. The molecule has 1 aromatic rings. The maximum Gasteiger partial charge on any atom is 0.333 e. The summed E-state index contributed by atoms with van der Waals surface area (Å²) in [5.41, 5.74) is 1.14. The van der Waals surface area contributed by atoms with Crippen LogP contribution in [-0.4, -0.2) is 65.9 Å². The molecule has 37 heavy (non-hydrogen) atoms. The van der Waals surface area contributed by atoms with E-state index in [9.17, 15) is 14.4 Å². The lowest BCUT2D eigenvalue weighted by atomic mass is 9.84. The van der Waals surface area contributed by atoms with Crippen molar-refractivity contribution in [2.45, 2.75) is 92.4 Å². The highest BCUT2D eigenvalue weighted by Crippen LogP contribution is 2.26. The van der Waals surface area contributed by atoms with Crippen LogP contribution in [-0.2, 0) is 25.7 Å². The Morgan fingerprint density at radius 1 is 1.16 bits per heavy atom. The number of likely N-dealkylation sites (N-methyl/N-ethyl adjacent to an activating group) is 1. The molecule has 7 heteroatoms. The topological polar surface area (TPSA) is 79.0 Å². The van der Waals surface area contributed by atoms with Crippen molar-refractivity contribution in [3.05, 3.63) is 47.5 Å². The van der Waals surface area contributed by atoms with E-state index in [2.05, 4.69) is 22.3 Å². The average molecular weight is 514 g/mol. The van der Waals surface area contributed by atoms with Gasteiger partial charge in [0.1, 0.15) is 6.04 Å². The first kappa shape index (κ1) is 30.6. The average Bonchev–Trinajstić information content (AvgIpc) is 2.85. The van der Waals surface area contributed by atoms with Crippen molar-refractivity contribution < 1.29 is 19.1 Å². The van der Waals surface area contributed by atoms with E-state index >= 15 is 0 Å². The zero-order valence-corrected chi connectivity index (χ0v) is 24.0. The van der Waals surface area contributed by atoms with Crippen LogP contribution < -0.4 is 5.32 Å². The van der Waals surface area contributed by atoms with Gasteiger partial charge in [-0.1, -0.05) is 77.4 Å². The summed E-state index contributed by atoms with van der Waals surface area (Å²) >= 11 is 0. The molecule has 1 aromatic carbocycles. The van der Waals surface area contributed by atoms with E-state index in [4.69, 9.17) is 4.74 Å². The molecule has 206 valence electrons. The number of piperidine rings is 1. The fourth-order valence-electron chi connectivity index (χ4n) is 4.85. The van der Waals surface area contributed by atoms with Gasteiger partial charge >= 0.3 is 5.97 Å². The number of nitrogens with one attached hydrogen (secondary N) is 1. The molecular formula is C30H47N3O4. The van der Waals surface area contributed by atoms with E-state index in [-0.39, 0.29) is 35.8 Å². The highest BCUT2D eigenvalue weighted by atomic mass is 16.5. The minimum Gasteiger partial charge on any atom is -0.463 e. The molecule has 2 unspecified atom stereocenters. The Kier molecular flexibility index (Phi) is 11.4. The van der Waals surface area contributed by atoms with Gasteiger partial charge in [-0.3, -0.25) is 14.5 Å². The van der Waals surface area contributed by atoms with Gasteiger partial charge in [0.05, 0.1) is 18.7 Å². The number of ether oxygens (including phenoxy) is 1. The number of nitrogens with zero attached hydrogens (tertiary/aromatic N) is 2. The fourth-order valence-corrected chi connectivity index (χ4v) is 4.85. The number of rotatable bonds is 10. The second-order valence-electron chi connectivity index (χ2n) is 11.5. The normalized spacial score (nSPS) is 18.7. The van der Waals surface area contributed by atoms with Crippen LogP contribution >= 0.6 is 0 Å². The number of esters is 1. The zero-order valence-electron chi connectivity index (χ0n) is 24.0. The molecule has 0 radical (unpaired) electrons. The lowest BCUT2D eigenvalue weighted by Gasteiger charge is -2.40. The summed E-state index contributed by atoms with van der Waals surface area (Å²) in [7, 11) is 1.75. The Labute approximate surface area is 223 Å². The van der Waals surface area contributed by atoms with E-state index in [0.29, 0.717) is 18.7 Å². The quantitative estimate of drug-likeness (QED) is 0.366. The van der Waals surface area contributed by atoms with E-state index in [1.165, 1.54) is 5.56 Å². The molecular weight excluding hydrogens is 466 g/mol. The molecule has 7 nitrogen and oxygen atoms in total. The minimum atomic E-state index is -0.706. The smallest absolute Gasteiger partial charge is 0.333 e. The molecule has 3 atom stereocenters. The second kappa shape index (κ2) is 13.8. The summed E-state index contributed by atoms with van der Waals surface area (Å²) in [6.45, 7) is 15.3. The second-order valence-corrected chi connectivity index (χ2v) is 11.5. The van der Waals surface area contributed by atoms with Crippen LogP contribution in [0.4, 0.5) is 0 Å². The third-order valence-corrected chi connectivity index (χ3v) is 7.04. The van der Waals surface area contributed by atoms with Crippen LogP contribution in [0.5, 0.6) is 0 Å². The van der Waals surface area contributed by atoms with Crippen molar-refractivity contribution >= 4 is 17.8 Å². The van der Waals surface area contributed by atoms with Gasteiger partial charge in [0.25, 0.3) is 0 Å². The monoisotopic (exact) mass is 513 g/mol. The number of carbonyl (C=O) groups is 3. The van der Waals surface area contributed by atoms with E-state index in [0.717, 1.165) is 25.8 Å². The molecule has 1 aliphatic rings. The van der Waals surface area contributed by atoms with Crippen molar-refractivity contribution in [3.63, 3.8) is 0 Å². The van der Waals surface area contributed by atoms with Crippen molar-refractivity contribution in [1.29, 1.82) is 0 Å². The summed E-state index contributed by atoms with van der Waals surface area (Å²) in [5.74, 6) is -0.589. The predicted molar refractivity (Wildman–Crippen MR) is 148 cm³/mol. The molecule has 2 rings (SSSR count). The van der Waals surface area contributed by atoms with Crippen LogP contribution in [0.25, 0.3) is 0 Å². The van der Waals surface area contributed by atoms with E-state index in [1.54, 1.807) is 31.9 Å². The Morgan fingerprint density at radius 2 is 1.81 bits per heavy atom. The van der Waals surface area contributed by atoms with Crippen LogP contribution in [0.15, 0.2) is 42.0 Å². The zero-order chi connectivity index (χ0) is 27.8. The first-order valence-corrected chi connectivity index (χ1v) is 13.6. The molecule has 1 aliphatic heterocycles. The first-order valence-electron chi connectivity index (χ1n) is 13.6. The van der Waals surface area contributed by atoms with Crippen molar-refractivity contribution in [2.24, 2.45) is 11.3 Å². The number of hydrogen-bond donors (Lipinski definition) is 1. The van der Waals surface area contributed by atoms with E-state index < -0.39 is 11.5 Å². The van der Waals surface area contributed by atoms with Crippen molar-refractivity contribution in [2.75, 3.05) is 20.2 Å². The highest BCUT2D eigenvalue weighted by Gasteiger charge is 2.39. The van der Waals surface area contributed by atoms with Gasteiger partial charge in [0.15, 0.2) is 0 Å². The number of hydrogen-bond acceptors (Lipinski definition) is 5. The van der Waals surface area contributed by atoms with Crippen LogP contribution in [0.1, 0.15) is 73.3 Å². The molecule has 2 amide bonds. The number of carbonyl (C=O) groups excluding carboxylic acids is 3. The van der Waals surface area contributed by atoms with Gasteiger partial charge < -0.3 is 15.0 Å². The van der Waals surface area contributed by atoms with E-state index in [1.807, 2.05) is 52.8 Å². The molecule has 0 bridgehead atoms. The summed E-state index contributed by atoms with van der Waals surface area (Å²) in [4.78, 5) is 43.6.